The molecular formula is C25H29N5O3. The number of aromatic nitrogens is 3. The molecule has 1 fully saturated rings. The maximum atomic E-state index is 8.70. The van der Waals surface area contributed by atoms with E-state index >= 15 is 0 Å². The lowest BCUT2D eigenvalue weighted by atomic mass is 10.0. The molecule has 0 saturated carbocycles. The predicted octanol–water partition coefficient (Wildman–Crippen LogP) is 5.90. The van der Waals surface area contributed by atoms with E-state index in [9.17, 15) is 0 Å². The molecule has 1 atom stereocenters. The van der Waals surface area contributed by atoms with Crippen molar-refractivity contribution in [2.75, 3.05) is 18.6 Å². The second-order valence-corrected chi connectivity index (χ2v) is 8.42. The maximum Gasteiger partial charge on any atom is 0.258 e. The molecule has 2 aromatic heterocycles. The van der Waals surface area contributed by atoms with E-state index in [1.54, 1.807) is 0 Å². The molecule has 0 N–H and O–H groups in total. The third-order valence-electron chi connectivity index (χ3n) is 6.20. The minimum atomic E-state index is 0.564. The van der Waals surface area contributed by atoms with Gasteiger partial charge in [0.25, 0.3) is 5.89 Å². The van der Waals surface area contributed by atoms with Crippen molar-refractivity contribution >= 4 is 16.6 Å². The van der Waals surface area contributed by atoms with Crippen molar-refractivity contribution in [2.45, 2.75) is 39.2 Å². The summed E-state index contributed by atoms with van der Waals surface area (Å²) in [6.07, 6.45) is 5.92. The Hall–Kier alpha value is -3.68. The zero-order valence-electron chi connectivity index (χ0n) is 19.5. The first kappa shape index (κ1) is 22.5. The van der Waals surface area contributed by atoms with Crippen LogP contribution < -0.4 is 4.90 Å². The van der Waals surface area contributed by atoms with Crippen LogP contribution in [0.3, 0.4) is 0 Å². The number of hydrogen-bond donors (Lipinski definition) is 0. The summed E-state index contributed by atoms with van der Waals surface area (Å²) in [5, 5.41) is 7.39. The SMILES string of the molecule is CON=O.Cc1cc(-c2nc(-c3ccc4c(ccn4C)c3)no2)ccc1N1CCCCC1C. The molecule has 4 aromatic rings. The normalized spacial score (nSPS) is 15.8. The molecular weight excluding hydrogens is 418 g/mol. The van der Waals surface area contributed by atoms with E-state index < -0.39 is 0 Å². The quantitative estimate of drug-likeness (QED) is 0.286. The molecule has 3 heterocycles. The molecule has 1 saturated heterocycles. The average Bonchev–Trinajstić information content (AvgIpc) is 3.47. The lowest BCUT2D eigenvalue weighted by Gasteiger charge is -2.36. The van der Waals surface area contributed by atoms with Crippen LogP contribution in [0.5, 0.6) is 0 Å². The number of fused-ring (bicyclic) bond motifs is 1. The van der Waals surface area contributed by atoms with E-state index in [4.69, 9.17) is 9.43 Å². The number of rotatable bonds is 4. The number of piperidine rings is 1. The van der Waals surface area contributed by atoms with Crippen molar-refractivity contribution < 1.29 is 9.36 Å². The molecule has 0 radical (unpaired) electrons. The van der Waals surface area contributed by atoms with Crippen molar-refractivity contribution in [3.05, 3.63) is 59.1 Å². The number of anilines is 1. The van der Waals surface area contributed by atoms with Gasteiger partial charge in [-0.3, -0.25) is 0 Å². The Morgan fingerprint density at radius 1 is 1.12 bits per heavy atom. The van der Waals surface area contributed by atoms with E-state index in [0.29, 0.717) is 17.8 Å². The summed E-state index contributed by atoms with van der Waals surface area (Å²) < 4.78 is 7.71. The minimum Gasteiger partial charge on any atom is -0.369 e. The summed E-state index contributed by atoms with van der Waals surface area (Å²) in [6, 6.07) is 15.4. The monoisotopic (exact) mass is 447 g/mol. The Balaban J connectivity index is 0.000000601. The van der Waals surface area contributed by atoms with Crippen molar-refractivity contribution in [1.82, 2.24) is 14.7 Å². The summed E-state index contributed by atoms with van der Waals surface area (Å²) in [7, 11) is 3.25. The Bertz CT molecular complexity index is 1250. The second kappa shape index (κ2) is 9.85. The lowest BCUT2D eigenvalue weighted by Crippen LogP contribution is -2.37. The van der Waals surface area contributed by atoms with Gasteiger partial charge in [0.05, 0.1) is 0 Å². The van der Waals surface area contributed by atoms with Gasteiger partial charge in [0.15, 0.2) is 5.34 Å². The molecule has 0 aliphatic carbocycles. The van der Waals surface area contributed by atoms with Crippen molar-refractivity contribution in [3.63, 3.8) is 0 Å². The van der Waals surface area contributed by atoms with Crippen LogP contribution in [0, 0.1) is 11.8 Å². The van der Waals surface area contributed by atoms with Gasteiger partial charge in [-0.05, 0) is 81.1 Å². The number of benzene rings is 2. The lowest BCUT2D eigenvalue weighted by molar-refractivity contribution is 0.208. The highest BCUT2D eigenvalue weighted by molar-refractivity contribution is 5.84. The summed E-state index contributed by atoms with van der Waals surface area (Å²) in [6.45, 7) is 5.62. The van der Waals surface area contributed by atoms with Crippen LogP contribution in [0.2, 0.25) is 0 Å². The van der Waals surface area contributed by atoms with Gasteiger partial charge in [0, 0.05) is 53.5 Å². The molecule has 0 spiro atoms. The predicted molar refractivity (Wildman–Crippen MR) is 130 cm³/mol. The molecule has 8 heteroatoms. The minimum absolute atomic E-state index is 0.564. The highest BCUT2D eigenvalue weighted by Gasteiger charge is 2.21. The zero-order valence-corrected chi connectivity index (χ0v) is 19.5. The molecule has 1 unspecified atom stereocenters. The van der Waals surface area contributed by atoms with Crippen molar-refractivity contribution in [2.24, 2.45) is 12.4 Å². The number of aryl methyl sites for hydroxylation is 2. The van der Waals surface area contributed by atoms with Crippen LogP contribution in [0.15, 0.2) is 58.5 Å². The van der Waals surface area contributed by atoms with Crippen molar-refractivity contribution in [3.8, 4) is 22.8 Å². The summed E-state index contributed by atoms with van der Waals surface area (Å²) in [5.41, 5.74) is 5.69. The first-order chi connectivity index (χ1) is 16.0. The van der Waals surface area contributed by atoms with Crippen LogP contribution in [-0.4, -0.2) is 34.4 Å². The molecule has 0 bridgehead atoms. The standard InChI is InChI=1S/C24H26N4O.CH3NO2/c1-16-14-20(8-9-21(16)28-12-5-4-6-17(28)2)24-25-23(26-29-24)19-7-10-22-18(15-19)11-13-27(22)3;1-4-2-3/h7-11,13-15,17H,4-6,12H2,1-3H3;1H3. The van der Waals surface area contributed by atoms with Crippen molar-refractivity contribution in [1.29, 1.82) is 0 Å². The molecule has 0 amide bonds. The first-order valence-corrected chi connectivity index (χ1v) is 11.1. The Labute approximate surface area is 193 Å². The van der Waals surface area contributed by atoms with Gasteiger partial charge in [-0.15, -0.1) is 4.91 Å². The highest BCUT2D eigenvalue weighted by atomic mass is 16.7. The number of nitrogens with zero attached hydrogens (tertiary/aromatic N) is 5. The van der Waals surface area contributed by atoms with E-state index in [1.165, 1.54) is 48.5 Å². The van der Waals surface area contributed by atoms with E-state index in [1.807, 2.05) is 18.5 Å². The fourth-order valence-electron chi connectivity index (χ4n) is 4.45. The molecule has 1 aliphatic heterocycles. The van der Waals surface area contributed by atoms with Gasteiger partial charge in [-0.2, -0.15) is 4.98 Å². The Kier molecular flexibility index (Phi) is 6.72. The van der Waals surface area contributed by atoms with Gasteiger partial charge in [-0.25, -0.2) is 0 Å². The van der Waals surface area contributed by atoms with Crippen LogP contribution in [0.4, 0.5) is 5.69 Å². The van der Waals surface area contributed by atoms with Gasteiger partial charge in [-0.1, -0.05) is 5.16 Å². The summed E-state index contributed by atoms with van der Waals surface area (Å²) in [5.74, 6) is 1.19. The molecule has 2 aromatic carbocycles. The second-order valence-electron chi connectivity index (χ2n) is 8.42. The molecule has 1 aliphatic rings. The van der Waals surface area contributed by atoms with Gasteiger partial charge < -0.3 is 18.8 Å². The van der Waals surface area contributed by atoms with Crippen LogP contribution in [-0.2, 0) is 11.9 Å². The van der Waals surface area contributed by atoms with Gasteiger partial charge in [0.2, 0.25) is 5.82 Å². The fourth-order valence-corrected chi connectivity index (χ4v) is 4.45. The maximum absolute atomic E-state index is 8.70. The fraction of sp³-hybridized carbons (Fsp3) is 0.360. The highest BCUT2D eigenvalue weighted by Crippen LogP contribution is 2.31. The van der Waals surface area contributed by atoms with Crippen LogP contribution in [0.25, 0.3) is 33.7 Å². The summed E-state index contributed by atoms with van der Waals surface area (Å²) >= 11 is 0. The third-order valence-corrected chi connectivity index (χ3v) is 6.20. The smallest absolute Gasteiger partial charge is 0.258 e. The first-order valence-electron chi connectivity index (χ1n) is 11.1. The summed E-state index contributed by atoms with van der Waals surface area (Å²) in [4.78, 5) is 19.5. The van der Waals surface area contributed by atoms with E-state index in [0.717, 1.165) is 17.7 Å². The van der Waals surface area contributed by atoms with Gasteiger partial charge >= 0.3 is 0 Å². The average molecular weight is 448 g/mol. The van der Waals surface area contributed by atoms with Crippen LogP contribution >= 0.6 is 0 Å². The molecule has 8 nitrogen and oxygen atoms in total. The number of hydrogen-bond acceptors (Lipinski definition) is 7. The molecule has 172 valence electrons. The topological polar surface area (TPSA) is 85.8 Å². The Morgan fingerprint density at radius 2 is 1.91 bits per heavy atom. The molecule has 5 rings (SSSR count). The van der Waals surface area contributed by atoms with Gasteiger partial charge in [0.1, 0.15) is 7.11 Å². The zero-order chi connectivity index (χ0) is 23.4. The van der Waals surface area contributed by atoms with Crippen LogP contribution in [0.1, 0.15) is 31.7 Å². The Morgan fingerprint density at radius 3 is 2.64 bits per heavy atom. The largest absolute Gasteiger partial charge is 0.369 e. The third kappa shape index (κ3) is 4.74. The van der Waals surface area contributed by atoms with E-state index in [-0.39, 0.29) is 0 Å². The van der Waals surface area contributed by atoms with E-state index in [2.05, 4.69) is 80.9 Å². The molecule has 33 heavy (non-hydrogen) atoms.